The van der Waals surface area contributed by atoms with Gasteiger partial charge in [0.1, 0.15) is 18.3 Å². The number of halogens is 1. The van der Waals surface area contributed by atoms with Crippen LogP contribution in [0.3, 0.4) is 0 Å². The van der Waals surface area contributed by atoms with Crippen molar-refractivity contribution >= 4 is 40.2 Å². The number of hydrogen-bond donors (Lipinski definition) is 2. The number of hydrogen-bond acceptors (Lipinski definition) is 7. The van der Waals surface area contributed by atoms with Gasteiger partial charge in [0.2, 0.25) is 17.7 Å². The number of carbonyl (C=O) groups excluding carboxylic acids is 1. The molecule has 3 aromatic rings. The van der Waals surface area contributed by atoms with Crippen LogP contribution >= 0.6 is 11.6 Å². The summed E-state index contributed by atoms with van der Waals surface area (Å²) in [5, 5.41) is 17.0. The fourth-order valence-electron chi connectivity index (χ4n) is 3.25. The highest BCUT2D eigenvalue weighted by atomic mass is 35.5. The Balaban J connectivity index is 1.52. The van der Waals surface area contributed by atoms with Crippen LogP contribution in [-0.2, 0) is 11.3 Å². The first kappa shape index (κ1) is 19.7. The zero-order chi connectivity index (χ0) is 21.3. The molecular weight excluding hydrogens is 408 g/mol. The standard InChI is InChI=1S/C19H19ClN8O2/c1-3-15(29)27(2)12-6-13(7-12)30-18-16-14(20)9-22-17(16)25-19(26-18)24-11-8-23-28(10-11)5-4-21/h3,8-10,12-13H,1,5-7H2,2H3,(H2,22,24,25,26). The number of H-pyrrole nitrogens is 1. The molecule has 154 valence electrons. The number of anilines is 2. The number of ether oxygens (including phenoxy) is 1. The summed E-state index contributed by atoms with van der Waals surface area (Å²) in [5.41, 5.74) is 1.17. The Morgan fingerprint density at radius 3 is 3.10 bits per heavy atom. The van der Waals surface area contributed by atoms with Crippen molar-refractivity contribution in [3.63, 3.8) is 0 Å². The van der Waals surface area contributed by atoms with E-state index in [1.807, 2.05) is 6.07 Å². The van der Waals surface area contributed by atoms with E-state index >= 15 is 0 Å². The van der Waals surface area contributed by atoms with Crippen LogP contribution < -0.4 is 10.1 Å². The van der Waals surface area contributed by atoms with E-state index in [0.29, 0.717) is 46.4 Å². The molecule has 30 heavy (non-hydrogen) atoms. The van der Waals surface area contributed by atoms with E-state index in [-0.39, 0.29) is 24.6 Å². The monoisotopic (exact) mass is 426 g/mol. The predicted molar refractivity (Wildman–Crippen MR) is 110 cm³/mol. The van der Waals surface area contributed by atoms with E-state index in [0.717, 1.165) is 0 Å². The number of aromatic nitrogens is 5. The van der Waals surface area contributed by atoms with Crippen molar-refractivity contribution in [2.45, 2.75) is 31.5 Å². The van der Waals surface area contributed by atoms with Crippen LogP contribution in [0.4, 0.5) is 11.6 Å². The van der Waals surface area contributed by atoms with E-state index in [4.69, 9.17) is 21.6 Å². The number of nitrogens with zero attached hydrogens (tertiary/aromatic N) is 6. The summed E-state index contributed by atoms with van der Waals surface area (Å²) in [7, 11) is 1.76. The van der Waals surface area contributed by atoms with Gasteiger partial charge in [-0.3, -0.25) is 9.48 Å². The first-order chi connectivity index (χ1) is 14.5. The summed E-state index contributed by atoms with van der Waals surface area (Å²) in [4.78, 5) is 25.3. The van der Waals surface area contributed by atoms with Gasteiger partial charge in [-0.15, -0.1) is 0 Å². The van der Waals surface area contributed by atoms with Crippen molar-refractivity contribution in [3.8, 4) is 11.9 Å². The number of rotatable bonds is 7. The number of carbonyl (C=O) groups is 1. The Bertz CT molecular complexity index is 1140. The zero-order valence-electron chi connectivity index (χ0n) is 16.2. The lowest BCUT2D eigenvalue weighted by Gasteiger charge is -2.40. The Hall–Kier alpha value is -3.58. The largest absolute Gasteiger partial charge is 0.474 e. The summed E-state index contributed by atoms with van der Waals surface area (Å²) < 4.78 is 7.59. The lowest BCUT2D eigenvalue weighted by atomic mass is 9.88. The molecule has 0 aliphatic heterocycles. The first-order valence-corrected chi connectivity index (χ1v) is 9.63. The van der Waals surface area contributed by atoms with Crippen LogP contribution in [0, 0.1) is 11.3 Å². The third kappa shape index (κ3) is 3.79. The van der Waals surface area contributed by atoms with Crippen LogP contribution in [0.2, 0.25) is 5.02 Å². The van der Waals surface area contributed by atoms with Gasteiger partial charge in [-0.1, -0.05) is 18.2 Å². The predicted octanol–water partition coefficient (Wildman–Crippen LogP) is 2.63. The highest BCUT2D eigenvalue weighted by molar-refractivity contribution is 6.35. The number of fused-ring (bicyclic) bond motifs is 1. The summed E-state index contributed by atoms with van der Waals surface area (Å²) >= 11 is 6.29. The first-order valence-electron chi connectivity index (χ1n) is 9.25. The summed E-state index contributed by atoms with van der Waals surface area (Å²) in [6.45, 7) is 3.66. The molecule has 1 fully saturated rings. The topological polar surface area (TPSA) is 125 Å². The van der Waals surface area contributed by atoms with E-state index in [9.17, 15) is 4.79 Å². The molecule has 0 unspecified atom stereocenters. The normalized spacial score (nSPS) is 17.8. The summed E-state index contributed by atoms with van der Waals surface area (Å²) in [6.07, 6.45) is 7.48. The van der Waals surface area contributed by atoms with Crippen molar-refractivity contribution in [1.82, 2.24) is 29.6 Å². The van der Waals surface area contributed by atoms with Gasteiger partial charge >= 0.3 is 0 Å². The minimum absolute atomic E-state index is 0.0923. The molecule has 0 radical (unpaired) electrons. The van der Waals surface area contributed by atoms with Crippen LogP contribution in [0.5, 0.6) is 5.88 Å². The number of nitriles is 1. The van der Waals surface area contributed by atoms with E-state index < -0.39 is 0 Å². The second-order valence-corrected chi connectivity index (χ2v) is 7.35. The lowest BCUT2D eigenvalue weighted by Crippen LogP contribution is -2.49. The highest BCUT2D eigenvalue weighted by Gasteiger charge is 2.36. The third-order valence-corrected chi connectivity index (χ3v) is 5.29. The molecule has 0 spiro atoms. The second-order valence-electron chi connectivity index (χ2n) is 6.94. The maximum atomic E-state index is 11.7. The second kappa shape index (κ2) is 8.04. The lowest BCUT2D eigenvalue weighted by molar-refractivity contribution is -0.130. The molecular formula is C19H19ClN8O2. The minimum Gasteiger partial charge on any atom is -0.474 e. The smallest absolute Gasteiger partial charge is 0.245 e. The van der Waals surface area contributed by atoms with E-state index in [1.54, 1.807) is 30.5 Å². The number of aromatic amines is 1. The average Bonchev–Trinajstić information content (AvgIpc) is 3.30. The van der Waals surface area contributed by atoms with Gasteiger partial charge in [-0.25, -0.2) is 0 Å². The maximum Gasteiger partial charge on any atom is 0.245 e. The Morgan fingerprint density at radius 2 is 2.37 bits per heavy atom. The van der Waals surface area contributed by atoms with Crippen LogP contribution in [0.1, 0.15) is 12.8 Å². The fraction of sp³-hybridized carbons (Fsp3) is 0.316. The number of nitrogens with one attached hydrogen (secondary N) is 2. The fourth-order valence-corrected chi connectivity index (χ4v) is 3.48. The molecule has 3 aromatic heterocycles. The summed E-state index contributed by atoms with van der Waals surface area (Å²) in [5.74, 6) is 0.557. The van der Waals surface area contributed by atoms with Crippen LogP contribution in [0.25, 0.3) is 11.0 Å². The SMILES string of the molecule is C=CC(=O)N(C)C1CC(Oc2nc(Nc3cnn(CC#N)c3)nc3[nH]cc(Cl)c23)C1. The molecule has 1 saturated carbocycles. The van der Waals surface area contributed by atoms with Crippen molar-refractivity contribution < 1.29 is 9.53 Å². The van der Waals surface area contributed by atoms with Crippen molar-refractivity contribution in [2.75, 3.05) is 12.4 Å². The molecule has 0 saturated heterocycles. The molecule has 1 aliphatic rings. The van der Waals surface area contributed by atoms with Gasteiger partial charge in [0, 0.05) is 38.3 Å². The van der Waals surface area contributed by atoms with Gasteiger partial charge in [0.25, 0.3) is 0 Å². The number of likely N-dealkylation sites (N-methyl/N-ethyl adjacent to an activating group) is 1. The molecule has 2 N–H and O–H groups in total. The van der Waals surface area contributed by atoms with Crippen molar-refractivity contribution in [3.05, 3.63) is 36.3 Å². The highest BCUT2D eigenvalue weighted by Crippen LogP contribution is 2.35. The van der Waals surface area contributed by atoms with Gasteiger partial charge in [-0.2, -0.15) is 20.3 Å². The molecule has 1 amide bonds. The van der Waals surface area contributed by atoms with Crippen molar-refractivity contribution in [1.29, 1.82) is 5.26 Å². The van der Waals surface area contributed by atoms with Gasteiger partial charge < -0.3 is 19.9 Å². The Labute approximate surface area is 177 Å². The van der Waals surface area contributed by atoms with Crippen molar-refractivity contribution in [2.24, 2.45) is 0 Å². The maximum absolute atomic E-state index is 11.7. The molecule has 1 aliphatic carbocycles. The molecule has 11 heteroatoms. The Morgan fingerprint density at radius 1 is 1.57 bits per heavy atom. The minimum atomic E-state index is -0.111. The molecule has 0 atom stereocenters. The molecule has 3 heterocycles. The quantitative estimate of drug-likeness (QED) is 0.556. The molecule has 0 aromatic carbocycles. The van der Waals surface area contributed by atoms with Gasteiger partial charge in [0.15, 0.2) is 0 Å². The third-order valence-electron chi connectivity index (χ3n) is 4.99. The molecule has 4 rings (SSSR count). The number of amides is 1. The van der Waals surface area contributed by atoms with Crippen LogP contribution in [0.15, 0.2) is 31.2 Å². The van der Waals surface area contributed by atoms with Crippen LogP contribution in [-0.4, -0.2) is 54.7 Å². The zero-order valence-corrected chi connectivity index (χ0v) is 16.9. The van der Waals surface area contributed by atoms with E-state index in [1.165, 1.54) is 10.8 Å². The molecule has 10 nitrogen and oxygen atoms in total. The van der Waals surface area contributed by atoms with Gasteiger partial charge in [0.05, 0.1) is 28.4 Å². The molecule has 0 bridgehead atoms. The Kier molecular flexibility index (Phi) is 5.29. The average molecular weight is 427 g/mol. The van der Waals surface area contributed by atoms with E-state index in [2.05, 4.69) is 31.9 Å². The summed E-state index contributed by atoms with van der Waals surface area (Å²) in [6, 6.07) is 2.13. The van der Waals surface area contributed by atoms with Gasteiger partial charge in [-0.05, 0) is 6.08 Å².